The van der Waals surface area contributed by atoms with Crippen LogP contribution in [-0.2, 0) is 11.3 Å². The topological polar surface area (TPSA) is 85.8 Å². The molecule has 1 atom stereocenters. The number of benzene rings is 2. The van der Waals surface area contributed by atoms with Gasteiger partial charge in [0.2, 0.25) is 11.1 Å². The van der Waals surface area contributed by atoms with E-state index in [-0.39, 0.29) is 17.7 Å². The molecule has 0 saturated heterocycles. The number of tetrazole rings is 1. The predicted molar refractivity (Wildman–Crippen MR) is 107 cm³/mol. The van der Waals surface area contributed by atoms with Crippen LogP contribution < -0.4 is 5.32 Å². The van der Waals surface area contributed by atoms with Crippen molar-refractivity contribution in [2.24, 2.45) is 0 Å². The fraction of sp³-hybridized carbons (Fsp3) is 0.200. The van der Waals surface area contributed by atoms with Crippen molar-refractivity contribution >= 4 is 28.4 Å². The standard InChI is InChI=1S/C20H19N5O2S/c1-14(16-9-8-15-5-2-3-6-17(15)11-16)21-19(26)13-28-20-22-23-24-25(20)12-18-7-4-10-27-18/h2-11,14H,12-13H2,1H3,(H,21,26). The summed E-state index contributed by atoms with van der Waals surface area (Å²) in [7, 11) is 0. The lowest BCUT2D eigenvalue weighted by Crippen LogP contribution is -2.28. The Hall–Kier alpha value is -3.13. The van der Waals surface area contributed by atoms with Gasteiger partial charge in [-0.1, -0.05) is 48.2 Å². The van der Waals surface area contributed by atoms with Crippen molar-refractivity contribution in [3.63, 3.8) is 0 Å². The second-order valence-electron chi connectivity index (χ2n) is 6.38. The molecule has 0 aliphatic carbocycles. The lowest BCUT2D eigenvalue weighted by atomic mass is 10.0. The van der Waals surface area contributed by atoms with Gasteiger partial charge in [-0.05, 0) is 51.9 Å². The minimum absolute atomic E-state index is 0.0711. The molecule has 1 amide bonds. The highest BCUT2D eigenvalue weighted by Crippen LogP contribution is 2.21. The van der Waals surface area contributed by atoms with Gasteiger partial charge in [0.25, 0.3) is 0 Å². The molecule has 2 heterocycles. The fourth-order valence-electron chi connectivity index (χ4n) is 2.92. The van der Waals surface area contributed by atoms with Crippen LogP contribution in [0.4, 0.5) is 0 Å². The van der Waals surface area contributed by atoms with Gasteiger partial charge < -0.3 is 9.73 Å². The molecule has 4 rings (SSSR count). The smallest absolute Gasteiger partial charge is 0.230 e. The summed E-state index contributed by atoms with van der Waals surface area (Å²) in [6.45, 7) is 2.41. The second-order valence-corrected chi connectivity index (χ2v) is 7.33. The first-order chi connectivity index (χ1) is 13.7. The molecule has 8 heteroatoms. The van der Waals surface area contributed by atoms with Gasteiger partial charge in [-0.3, -0.25) is 4.79 Å². The van der Waals surface area contributed by atoms with Crippen molar-refractivity contribution in [2.45, 2.75) is 24.7 Å². The number of amides is 1. The third-order valence-corrected chi connectivity index (χ3v) is 5.33. The van der Waals surface area contributed by atoms with Crippen molar-refractivity contribution in [3.05, 3.63) is 72.2 Å². The Balaban J connectivity index is 1.34. The highest BCUT2D eigenvalue weighted by atomic mass is 32.2. The minimum atomic E-state index is -0.0863. The van der Waals surface area contributed by atoms with E-state index >= 15 is 0 Å². The first-order valence-electron chi connectivity index (χ1n) is 8.88. The van der Waals surface area contributed by atoms with E-state index < -0.39 is 0 Å². The molecule has 4 aromatic rings. The normalized spacial score (nSPS) is 12.2. The number of aromatic nitrogens is 4. The largest absolute Gasteiger partial charge is 0.467 e. The summed E-state index contributed by atoms with van der Waals surface area (Å²) in [5.41, 5.74) is 1.07. The third kappa shape index (κ3) is 4.23. The Labute approximate surface area is 166 Å². The number of carbonyl (C=O) groups is 1. The van der Waals surface area contributed by atoms with E-state index in [1.54, 1.807) is 10.9 Å². The average molecular weight is 393 g/mol. The van der Waals surface area contributed by atoms with Gasteiger partial charge >= 0.3 is 0 Å². The molecule has 2 aromatic heterocycles. The summed E-state index contributed by atoms with van der Waals surface area (Å²) < 4.78 is 6.93. The molecule has 0 aliphatic heterocycles. The molecule has 2 aromatic carbocycles. The van der Waals surface area contributed by atoms with Gasteiger partial charge in [0.05, 0.1) is 18.1 Å². The molecule has 28 heavy (non-hydrogen) atoms. The maximum atomic E-state index is 12.4. The highest BCUT2D eigenvalue weighted by Gasteiger charge is 2.14. The van der Waals surface area contributed by atoms with E-state index in [0.717, 1.165) is 16.7 Å². The van der Waals surface area contributed by atoms with Gasteiger partial charge in [-0.2, -0.15) is 0 Å². The van der Waals surface area contributed by atoms with E-state index in [4.69, 9.17) is 4.42 Å². The van der Waals surface area contributed by atoms with Crippen LogP contribution in [0, 0.1) is 0 Å². The van der Waals surface area contributed by atoms with Crippen LogP contribution in [0.1, 0.15) is 24.3 Å². The zero-order chi connectivity index (χ0) is 19.3. The molecular weight excluding hydrogens is 374 g/mol. The van der Waals surface area contributed by atoms with Crippen molar-refractivity contribution in [1.29, 1.82) is 0 Å². The Morgan fingerprint density at radius 1 is 1.18 bits per heavy atom. The van der Waals surface area contributed by atoms with Crippen molar-refractivity contribution in [3.8, 4) is 0 Å². The van der Waals surface area contributed by atoms with Crippen LogP contribution in [0.15, 0.2) is 70.4 Å². The number of carbonyl (C=O) groups excluding carboxylic acids is 1. The summed E-state index contributed by atoms with van der Waals surface area (Å²) in [6.07, 6.45) is 1.61. The number of furan rings is 1. The number of rotatable bonds is 7. The number of nitrogens with one attached hydrogen (secondary N) is 1. The van der Waals surface area contributed by atoms with Crippen LogP contribution in [-0.4, -0.2) is 31.9 Å². The fourth-order valence-corrected chi connectivity index (χ4v) is 3.61. The Bertz CT molecular complexity index is 1080. The van der Waals surface area contributed by atoms with E-state index in [2.05, 4.69) is 45.1 Å². The molecule has 0 aliphatic rings. The average Bonchev–Trinajstić information content (AvgIpc) is 3.38. The van der Waals surface area contributed by atoms with E-state index in [0.29, 0.717) is 11.7 Å². The van der Waals surface area contributed by atoms with Crippen LogP contribution in [0.25, 0.3) is 10.8 Å². The van der Waals surface area contributed by atoms with Crippen LogP contribution in [0.5, 0.6) is 0 Å². The summed E-state index contributed by atoms with van der Waals surface area (Å²) in [5, 5.41) is 17.6. The molecule has 0 saturated carbocycles. The molecule has 0 spiro atoms. The van der Waals surface area contributed by atoms with E-state index in [1.807, 2.05) is 37.3 Å². The summed E-state index contributed by atoms with van der Waals surface area (Å²) in [5.74, 6) is 0.915. The first kappa shape index (κ1) is 18.2. The minimum Gasteiger partial charge on any atom is -0.467 e. The summed E-state index contributed by atoms with van der Waals surface area (Å²) in [4.78, 5) is 12.4. The quantitative estimate of drug-likeness (QED) is 0.484. The number of thioether (sulfide) groups is 1. The van der Waals surface area contributed by atoms with E-state index in [9.17, 15) is 4.79 Å². The second kappa shape index (κ2) is 8.26. The molecule has 0 radical (unpaired) electrons. The van der Waals surface area contributed by atoms with Crippen molar-refractivity contribution in [2.75, 3.05) is 5.75 Å². The number of hydrogen-bond acceptors (Lipinski definition) is 6. The lowest BCUT2D eigenvalue weighted by molar-refractivity contribution is -0.119. The Morgan fingerprint density at radius 3 is 2.86 bits per heavy atom. The summed E-state index contributed by atoms with van der Waals surface area (Å²) >= 11 is 1.30. The molecule has 0 fully saturated rings. The van der Waals surface area contributed by atoms with E-state index in [1.165, 1.54) is 17.1 Å². The number of fused-ring (bicyclic) bond motifs is 1. The molecule has 7 nitrogen and oxygen atoms in total. The maximum absolute atomic E-state index is 12.4. The van der Waals surface area contributed by atoms with Crippen molar-refractivity contribution in [1.82, 2.24) is 25.5 Å². The van der Waals surface area contributed by atoms with Crippen LogP contribution in [0.3, 0.4) is 0 Å². The van der Waals surface area contributed by atoms with Gasteiger partial charge in [0, 0.05) is 0 Å². The Kier molecular flexibility index (Phi) is 5.38. The lowest BCUT2D eigenvalue weighted by Gasteiger charge is -2.15. The number of hydrogen-bond donors (Lipinski definition) is 1. The zero-order valence-electron chi connectivity index (χ0n) is 15.3. The predicted octanol–water partition coefficient (Wildman–Crippen LogP) is 3.44. The SMILES string of the molecule is CC(NC(=O)CSc1nnnn1Cc1ccco1)c1ccc2ccccc2c1. The summed E-state index contributed by atoms with van der Waals surface area (Å²) in [6, 6.07) is 18.0. The third-order valence-electron chi connectivity index (χ3n) is 4.37. The highest BCUT2D eigenvalue weighted by molar-refractivity contribution is 7.99. The molecule has 0 bridgehead atoms. The zero-order valence-corrected chi connectivity index (χ0v) is 16.1. The molecule has 142 valence electrons. The maximum Gasteiger partial charge on any atom is 0.230 e. The molecule has 1 N–H and O–H groups in total. The van der Waals surface area contributed by atoms with Gasteiger partial charge in [0.1, 0.15) is 12.3 Å². The van der Waals surface area contributed by atoms with Gasteiger partial charge in [-0.15, -0.1) is 5.10 Å². The van der Waals surface area contributed by atoms with Crippen LogP contribution >= 0.6 is 11.8 Å². The van der Waals surface area contributed by atoms with Gasteiger partial charge in [-0.25, -0.2) is 4.68 Å². The molecule has 1 unspecified atom stereocenters. The van der Waals surface area contributed by atoms with Crippen molar-refractivity contribution < 1.29 is 9.21 Å². The molecular formula is C20H19N5O2S. The Morgan fingerprint density at radius 2 is 2.04 bits per heavy atom. The van der Waals surface area contributed by atoms with Gasteiger partial charge in [0.15, 0.2) is 0 Å². The first-order valence-corrected chi connectivity index (χ1v) is 9.87. The number of nitrogens with zero attached hydrogens (tertiary/aromatic N) is 4. The monoisotopic (exact) mass is 393 g/mol. The van der Waals surface area contributed by atoms with Crippen LogP contribution in [0.2, 0.25) is 0 Å².